The van der Waals surface area contributed by atoms with Crippen molar-refractivity contribution in [2.75, 3.05) is 5.43 Å². The average Bonchev–Trinajstić information content (AvgIpc) is 2.46. The first-order valence-electron chi connectivity index (χ1n) is 5.28. The van der Waals surface area contributed by atoms with E-state index in [9.17, 15) is 31.7 Å². The lowest BCUT2D eigenvalue weighted by molar-refractivity contribution is -0.384. The summed E-state index contributed by atoms with van der Waals surface area (Å²) >= 11 is 0. The molecular weight excluding hydrogens is 343 g/mol. The van der Waals surface area contributed by atoms with E-state index in [0.717, 1.165) is 0 Å². The van der Waals surface area contributed by atoms with Crippen molar-refractivity contribution in [1.29, 1.82) is 10.5 Å². The number of hydrazone groups is 1. The first-order valence-corrected chi connectivity index (χ1v) is 6.76. The Morgan fingerprint density at radius 3 is 2.30 bits per heavy atom. The van der Waals surface area contributed by atoms with Gasteiger partial charge in [-0.1, -0.05) is 0 Å². The molecule has 0 aliphatic rings. The van der Waals surface area contributed by atoms with E-state index in [4.69, 9.17) is 10.5 Å². The van der Waals surface area contributed by atoms with E-state index >= 15 is 0 Å². The minimum absolute atomic E-state index is 0.194. The first-order chi connectivity index (χ1) is 10.5. The lowest BCUT2D eigenvalue weighted by atomic mass is 10.3. The van der Waals surface area contributed by atoms with Crippen LogP contribution in [-0.4, -0.2) is 24.6 Å². The van der Waals surface area contributed by atoms with Gasteiger partial charge in [-0.2, -0.15) is 28.8 Å². The highest BCUT2D eigenvalue weighted by Crippen LogP contribution is 2.34. The van der Waals surface area contributed by atoms with Crippen LogP contribution in [0.5, 0.6) is 0 Å². The van der Waals surface area contributed by atoms with Crippen LogP contribution in [-0.2, 0) is 9.84 Å². The van der Waals surface area contributed by atoms with Crippen molar-refractivity contribution in [3.63, 3.8) is 0 Å². The smallest absolute Gasteiger partial charge is 0.270 e. The Morgan fingerprint density at radius 2 is 1.87 bits per heavy atom. The molecule has 1 N–H and O–H groups in total. The second-order valence-corrected chi connectivity index (χ2v) is 5.62. The zero-order valence-corrected chi connectivity index (χ0v) is 11.5. The molecule has 0 aromatic heterocycles. The lowest BCUT2D eigenvalue weighted by Gasteiger charge is -2.09. The Hall–Kier alpha value is -3.19. The van der Waals surface area contributed by atoms with Crippen molar-refractivity contribution < 1.29 is 26.5 Å². The maximum atomic E-state index is 12.4. The summed E-state index contributed by atoms with van der Waals surface area (Å²) in [6.45, 7) is 0. The van der Waals surface area contributed by atoms with Gasteiger partial charge < -0.3 is 0 Å². The third-order valence-corrected chi connectivity index (χ3v) is 3.76. The number of anilines is 1. The van der Waals surface area contributed by atoms with Gasteiger partial charge in [0.15, 0.2) is 0 Å². The second kappa shape index (κ2) is 6.29. The number of alkyl halides is 3. The number of benzene rings is 1. The topological polar surface area (TPSA) is 149 Å². The molecule has 0 amide bonds. The molecule has 0 radical (unpaired) electrons. The summed E-state index contributed by atoms with van der Waals surface area (Å²) in [5.74, 6) is 0. The molecule has 0 fully saturated rings. The SMILES string of the molecule is N#CC(C#N)=NNc1ccc(S(=O)(=O)C(F)(F)F)cc1[N+](=O)[O-]. The predicted molar refractivity (Wildman–Crippen MR) is 68.6 cm³/mol. The number of nitro groups is 1. The highest BCUT2D eigenvalue weighted by molar-refractivity contribution is 7.92. The Bertz CT molecular complexity index is 848. The average molecular weight is 347 g/mol. The number of nitrogens with one attached hydrogen (secondary N) is 1. The Balaban J connectivity index is 3.41. The molecule has 0 bridgehead atoms. The standard InChI is InChI=1S/C10H4F3N5O4S/c11-10(12,13)23(21,22)7-1-2-8(9(3-7)18(19)20)17-16-6(4-14)5-15/h1-3,17H. The molecule has 0 aliphatic carbocycles. The summed E-state index contributed by atoms with van der Waals surface area (Å²) in [6.07, 6.45) is 0. The van der Waals surface area contributed by atoms with Gasteiger partial charge in [0, 0.05) is 6.07 Å². The predicted octanol–water partition coefficient (Wildman–Crippen LogP) is 1.70. The van der Waals surface area contributed by atoms with Gasteiger partial charge in [0.1, 0.15) is 17.8 Å². The minimum atomic E-state index is -5.76. The van der Waals surface area contributed by atoms with Crippen LogP contribution >= 0.6 is 0 Å². The number of rotatable bonds is 4. The molecular formula is C10H4F3N5O4S. The van der Waals surface area contributed by atoms with Gasteiger partial charge in [-0.15, -0.1) is 0 Å². The highest BCUT2D eigenvalue weighted by atomic mass is 32.2. The van der Waals surface area contributed by atoms with Crippen LogP contribution < -0.4 is 5.43 Å². The number of nitro benzene ring substituents is 1. The van der Waals surface area contributed by atoms with E-state index in [0.29, 0.717) is 12.1 Å². The van der Waals surface area contributed by atoms with E-state index in [1.165, 1.54) is 12.1 Å². The Labute approximate surface area is 126 Å². The first kappa shape index (κ1) is 17.9. The van der Waals surface area contributed by atoms with Crippen LogP contribution in [0.1, 0.15) is 0 Å². The summed E-state index contributed by atoms with van der Waals surface area (Å²) in [5, 5.41) is 30.9. The van der Waals surface area contributed by atoms with Gasteiger partial charge >= 0.3 is 5.51 Å². The van der Waals surface area contributed by atoms with Gasteiger partial charge in [-0.3, -0.25) is 15.5 Å². The fourth-order valence-electron chi connectivity index (χ4n) is 1.25. The lowest BCUT2D eigenvalue weighted by Crippen LogP contribution is -2.23. The number of hydrogen-bond acceptors (Lipinski definition) is 8. The molecule has 23 heavy (non-hydrogen) atoms. The monoisotopic (exact) mass is 347 g/mol. The van der Waals surface area contributed by atoms with Crippen LogP contribution in [0.15, 0.2) is 28.2 Å². The van der Waals surface area contributed by atoms with Crippen molar-refractivity contribution >= 4 is 26.9 Å². The molecule has 1 rings (SSSR count). The van der Waals surface area contributed by atoms with Crippen LogP contribution in [0.25, 0.3) is 0 Å². The molecule has 0 unspecified atom stereocenters. The highest BCUT2D eigenvalue weighted by Gasteiger charge is 2.47. The second-order valence-electron chi connectivity index (χ2n) is 3.68. The summed E-state index contributed by atoms with van der Waals surface area (Å²) < 4.78 is 59.7. The number of hydrogen-bond donors (Lipinski definition) is 1. The fraction of sp³-hybridized carbons (Fsp3) is 0.100. The molecule has 0 saturated carbocycles. The molecule has 13 heteroatoms. The van der Waals surface area contributed by atoms with Gasteiger partial charge in [0.2, 0.25) is 5.71 Å². The molecule has 120 valence electrons. The Kier molecular flexibility index (Phi) is 4.88. The van der Waals surface area contributed by atoms with Crippen molar-refractivity contribution in [1.82, 2.24) is 0 Å². The van der Waals surface area contributed by atoms with Crippen molar-refractivity contribution in [2.45, 2.75) is 10.4 Å². The molecule has 0 aliphatic heterocycles. The third-order valence-electron chi connectivity index (χ3n) is 2.28. The maximum Gasteiger partial charge on any atom is 0.501 e. The Morgan fingerprint density at radius 1 is 1.30 bits per heavy atom. The summed E-state index contributed by atoms with van der Waals surface area (Å²) in [4.78, 5) is 8.37. The zero-order chi connectivity index (χ0) is 17.8. The van der Waals surface area contributed by atoms with Gasteiger partial charge in [-0.05, 0) is 12.1 Å². The van der Waals surface area contributed by atoms with Crippen molar-refractivity contribution in [3.05, 3.63) is 28.3 Å². The summed E-state index contributed by atoms with van der Waals surface area (Å²) in [7, 11) is -5.76. The minimum Gasteiger partial charge on any atom is -0.270 e. The van der Waals surface area contributed by atoms with Crippen molar-refractivity contribution in [3.8, 4) is 12.1 Å². The fourth-order valence-corrected chi connectivity index (χ4v) is 2.03. The van der Waals surface area contributed by atoms with E-state index in [1.54, 1.807) is 0 Å². The molecule has 0 spiro atoms. The van der Waals surface area contributed by atoms with Crippen molar-refractivity contribution in [2.24, 2.45) is 5.10 Å². The van der Waals surface area contributed by atoms with Crippen LogP contribution in [0.3, 0.4) is 0 Å². The number of nitriles is 2. The largest absolute Gasteiger partial charge is 0.501 e. The third kappa shape index (κ3) is 3.72. The molecule has 1 aromatic carbocycles. The summed E-state index contributed by atoms with van der Waals surface area (Å²) in [5.41, 5.74) is -5.92. The zero-order valence-electron chi connectivity index (χ0n) is 10.7. The van der Waals surface area contributed by atoms with Gasteiger partial charge in [-0.25, -0.2) is 8.42 Å². The molecule has 0 saturated heterocycles. The van der Waals surface area contributed by atoms with Crippen LogP contribution in [0.4, 0.5) is 24.5 Å². The molecule has 9 nitrogen and oxygen atoms in total. The van der Waals surface area contributed by atoms with Gasteiger partial charge in [0.05, 0.1) is 9.82 Å². The number of halogens is 3. The van der Waals surface area contributed by atoms with Gasteiger partial charge in [0.25, 0.3) is 15.5 Å². The molecule has 1 aromatic rings. The quantitative estimate of drug-likeness (QED) is 0.495. The number of nitrogens with zero attached hydrogens (tertiary/aromatic N) is 4. The van der Waals surface area contributed by atoms with Crippen LogP contribution in [0.2, 0.25) is 0 Å². The van der Waals surface area contributed by atoms with E-state index in [-0.39, 0.29) is 6.07 Å². The van der Waals surface area contributed by atoms with E-state index in [2.05, 4.69) is 5.10 Å². The molecule has 0 atom stereocenters. The molecule has 0 heterocycles. The normalized spacial score (nSPS) is 11.0. The van der Waals surface area contributed by atoms with E-state index < -0.39 is 42.3 Å². The van der Waals surface area contributed by atoms with E-state index in [1.807, 2.05) is 5.43 Å². The van der Waals surface area contributed by atoms with Crippen LogP contribution in [0, 0.1) is 32.8 Å². The maximum absolute atomic E-state index is 12.4. The number of sulfone groups is 1. The summed E-state index contributed by atoms with van der Waals surface area (Å²) in [6, 6.07) is 4.01.